The molecule has 3 amide bonds. The molecule has 8 N–H and O–H groups in total. The fourth-order valence-corrected chi connectivity index (χ4v) is 7.76. The molecule has 58 heavy (non-hydrogen) atoms. The lowest BCUT2D eigenvalue weighted by atomic mass is 9.91. The van der Waals surface area contributed by atoms with Crippen molar-refractivity contribution in [2.75, 3.05) is 42.9 Å². The number of carbonyl (C=O) groups excluding carboxylic acids is 3. The number of nitrogens with one attached hydrogen (secondary N) is 5. The number of anilines is 2. The van der Waals surface area contributed by atoms with Gasteiger partial charge in [0.15, 0.2) is 23.1 Å². The lowest BCUT2D eigenvalue weighted by Gasteiger charge is -2.25. The molecule has 1 saturated carbocycles. The number of halogens is 3. The summed E-state index contributed by atoms with van der Waals surface area (Å²) in [5.41, 5.74) is 2.01. The number of rotatable bonds is 12. The number of benzene rings is 2. The average Bonchev–Trinajstić information content (AvgIpc) is 4.02. The number of carbonyl (C=O) groups is 3. The summed E-state index contributed by atoms with van der Waals surface area (Å²) in [7, 11) is 0. The molecule has 3 aliphatic rings. The minimum atomic E-state index is -5.35. The summed E-state index contributed by atoms with van der Waals surface area (Å²) < 4.78 is 46.8. The normalized spacial score (nSPS) is 23.3. The zero-order valence-corrected chi connectivity index (χ0v) is 31.4. The molecule has 1 aliphatic carbocycles. The van der Waals surface area contributed by atoms with E-state index in [1.807, 2.05) is 4.90 Å². The number of aromatic hydroxyl groups is 2. The molecule has 0 unspecified atom stereocenters. The molecule has 2 aromatic carbocycles. The Kier molecular flexibility index (Phi) is 11.8. The van der Waals surface area contributed by atoms with Crippen LogP contribution in [0.25, 0.3) is 11.2 Å². The van der Waals surface area contributed by atoms with Gasteiger partial charge in [0.1, 0.15) is 17.6 Å². The van der Waals surface area contributed by atoms with Crippen molar-refractivity contribution in [3.8, 4) is 11.5 Å². The number of hydrogen-bond donors (Lipinski definition) is 8. The molecule has 310 valence electrons. The highest BCUT2D eigenvalue weighted by atomic mass is 19.4. The Labute approximate surface area is 330 Å². The number of urea groups is 1. The van der Waals surface area contributed by atoms with Crippen molar-refractivity contribution in [1.29, 1.82) is 0 Å². The van der Waals surface area contributed by atoms with E-state index in [1.54, 1.807) is 55.5 Å². The molecular formula is C38H45F3N10O7. The highest BCUT2D eigenvalue weighted by molar-refractivity contribution is 5.85. The SMILES string of the molecule is CCC(=O)N[C@H]1C[C@@H](n2cnc3c(NCC(c4ccc(O)cc4)c4ccc(O)cc4)nc(N4CC[C@@H](NC(=O)N[C@@H]5CCNC5)C4)nc32)[C@H](OC(=O)C(F)(F)F)[C@@H]1O. The number of phenolic OH excluding ortho intramolecular Hbond substituents is 2. The van der Waals surface area contributed by atoms with Crippen LogP contribution in [0.4, 0.5) is 29.7 Å². The van der Waals surface area contributed by atoms with E-state index in [0.29, 0.717) is 26.1 Å². The summed E-state index contributed by atoms with van der Waals surface area (Å²) in [6, 6.07) is 10.6. The number of phenols is 2. The third-order valence-corrected chi connectivity index (χ3v) is 10.8. The van der Waals surface area contributed by atoms with Crippen molar-refractivity contribution in [2.24, 2.45) is 0 Å². The van der Waals surface area contributed by atoms with Crippen LogP contribution in [0.1, 0.15) is 55.7 Å². The van der Waals surface area contributed by atoms with Crippen molar-refractivity contribution >= 4 is 40.8 Å². The van der Waals surface area contributed by atoms with Gasteiger partial charge in [0.2, 0.25) is 11.9 Å². The van der Waals surface area contributed by atoms with E-state index in [-0.39, 0.29) is 77.8 Å². The maximum absolute atomic E-state index is 13.5. The topological polar surface area (TPSA) is 228 Å². The first-order valence-electron chi connectivity index (χ1n) is 19.1. The second-order valence-electron chi connectivity index (χ2n) is 14.7. The molecule has 4 heterocycles. The van der Waals surface area contributed by atoms with Crippen molar-refractivity contribution in [1.82, 2.24) is 40.8 Å². The second kappa shape index (κ2) is 16.9. The highest BCUT2D eigenvalue weighted by Gasteiger charge is 2.51. The number of fused-ring (bicyclic) bond motifs is 1. The molecule has 2 aromatic heterocycles. The number of aromatic nitrogens is 4. The zero-order valence-electron chi connectivity index (χ0n) is 31.4. The quantitative estimate of drug-likeness (QED) is 0.0964. The van der Waals surface area contributed by atoms with Gasteiger partial charge in [-0.15, -0.1) is 0 Å². The number of nitrogens with zero attached hydrogens (tertiary/aromatic N) is 5. The standard InChI is InChI=1S/C38H45F3N10O7/c1-2-29(54)47-27-15-28(32(31(27)55)58-35(56)38(39,40)41)51-19-44-30-33(43-17-26(20-3-7-24(52)8-4-20)21-5-9-25(53)10-6-21)48-36(49-34(30)51)50-14-12-23(18-50)46-37(57)45-22-11-13-42-16-22/h3-10,19,22-23,26-28,31-32,42,52-53,55H,2,11-18H2,1H3,(H,47,54)(H,43,48,49)(H2,45,46,57)/t22-,23-,27+,28-,31-,32+/m1/s1. The van der Waals surface area contributed by atoms with Gasteiger partial charge in [0.05, 0.1) is 18.4 Å². The fourth-order valence-electron chi connectivity index (χ4n) is 7.76. The number of alkyl halides is 3. The van der Waals surface area contributed by atoms with E-state index < -0.39 is 42.3 Å². The van der Waals surface area contributed by atoms with Gasteiger partial charge in [-0.3, -0.25) is 4.79 Å². The summed E-state index contributed by atoms with van der Waals surface area (Å²) >= 11 is 0. The first-order chi connectivity index (χ1) is 27.8. The summed E-state index contributed by atoms with van der Waals surface area (Å²) in [5, 5.41) is 46.4. The van der Waals surface area contributed by atoms with Gasteiger partial charge in [-0.05, 0) is 61.2 Å². The molecule has 3 fully saturated rings. The number of hydrogen-bond acceptors (Lipinski definition) is 13. The van der Waals surface area contributed by atoms with Crippen LogP contribution < -0.4 is 31.5 Å². The molecule has 7 rings (SSSR count). The Balaban J connectivity index is 1.24. The van der Waals surface area contributed by atoms with E-state index in [2.05, 4.69) is 31.6 Å². The molecule has 6 atom stereocenters. The molecule has 2 aliphatic heterocycles. The number of amides is 3. The molecule has 0 bridgehead atoms. The first kappa shape index (κ1) is 40.3. The summed E-state index contributed by atoms with van der Waals surface area (Å²) in [5.74, 6) is -2.68. The van der Waals surface area contributed by atoms with Crippen LogP contribution in [0.15, 0.2) is 54.9 Å². The first-order valence-corrected chi connectivity index (χ1v) is 19.1. The average molecular weight is 811 g/mol. The van der Waals surface area contributed by atoms with Gasteiger partial charge in [0, 0.05) is 50.6 Å². The van der Waals surface area contributed by atoms with Crippen molar-refractivity contribution in [3.05, 3.63) is 66.0 Å². The Morgan fingerprint density at radius 2 is 1.64 bits per heavy atom. The van der Waals surface area contributed by atoms with Crippen molar-refractivity contribution < 1.29 is 47.6 Å². The lowest BCUT2D eigenvalue weighted by Crippen LogP contribution is -2.47. The van der Waals surface area contributed by atoms with Crippen LogP contribution >= 0.6 is 0 Å². The predicted molar refractivity (Wildman–Crippen MR) is 203 cm³/mol. The van der Waals surface area contributed by atoms with Gasteiger partial charge in [0.25, 0.3) is 0 Å². The number of aliphatic hydroxyl groups is 1. The molecule has 17 nitrogen and oxygen atoms in total. The van der Waals surface area contributed by atoms with Crippen LogP contribution in [-0.4, -0.2) is 122 Å². The largest absolute Gasteiger partial charge is 0.508 e. The predicted octanol–water partition coefficient (Wildman–Crippen LogP) is 2.40. The maximum Gasteiger partial charge on any atom is 0.490 e. The van der Waals surface area contributed by atoms with Gasteiger partial charge in [-0.25, -0.2) is 14.6 Å². The third-order valence-electron chi connectivity index (χ3n) is 10.8. The smallest absolute Gasteiger partial charge is 0.490 e. The summed E-state index contributed by atoms with van der Waals surface area (Å²) in [6.45, 7) is 4.07. The minimum Gasteiger partial charge on any atom is -0.508 e. The van der Waals surface area contributed by atoms with Gasteiger partial charge in [-0.1, -0.05) is 31.2 Å². The molecule has 4 aromatic rings. The van der Waals surface area contributed by atoms with Crippen LogP contribution in [0, 0.1) is 0 Å². The lowest BCUT2D eigenvalue weighted by molar-refractivity contribution is -0.209. The fraction of sp³-hybridized carbons (Fsp3) is 0.474. The molecule has 2 saturated heterocycles. The molecule has 0 radical (unpaired) electrons. The van der Waals surface area contributed by atoms with Gasteiger partial charge in [-0.2, -0.15) is 23.1 Å². The van der Waals surface area contributed by atoms with Gasteiger partial charge >= 0.3 is 18.2 Å². The molecule has 0 spiro atoms. The van der Waals surface area contributed by atoms with Crippen LogP contribution in [0.3, 0.4) is 0 Å². The Hall–Kier alpha value is -5.89. The second-order valence-corrected chi connectivity index (χ2v) is 14.7. The van der Waals surface area contributed by atoms with E-state index >= 15 is 0 Å². The van der Waals surface area contributed by atoms with E-state index in [4.69, 9.17) is 14.7 Å². The van der Waals surface area contributed by atoms with Crippen molar-refractivity contribution in [2.45, 2.75) is 81.1 Å². The van der Waals surface area contributed by atoms with Crippen LogP contribution in [0.2, 0.25) is 0 Å². The molecular weight excluding hydrogens is 765 g/mol. The highest BCUT2D eigenvalue weighted by Crippen LogP contribution is 2.38. The Morgan fingerprint density at radius 1 is 0.966 bits per heavy atom. The zero-order chi connectivity index (χ0) is 41.1. The van der Waals surface area contributed by atoms with Gasteiger partial charge < -0.3 is 56.1 Å². The summed E-state index contributed by atoms with van der Waals surface area (Å²) in [6.07, 6.45) is -6.17. The van der Waals surface area contributed by atoms with E-state index in [0.717, 1.165) is 24.1 Å². The van der Waals surface area contributed by atoms with Crippen LogP contribution in [-0.2, 0) is 14.3 Å². The minimum absolute atomic E-state index is 0.0207. The Morgan fingerprint density at radius 3 is 2.26 bits per heavy atom. The summed E-state index contributed by atoms with van der Waals surface area (Å²) in [4.78, 5) is 53.4. The van der Waals surface area contributed by atoms with Crippen molar-refractivity contribution in [3.63, 3.8) is 0 Å². The maximum atomic E-state index is 13.5. The molecule has 20 heteroatoms. The number of esters is 1. The number of aliphatic hydroxyl groups excluding tert-OH is 1. The Bertz CT molecular complexity index is 2050. The van der Waals surface area contributed by atoms with E-state index in [1.165, 1.54) is 10.9 Å². The monoisotopic (exact) mass is 810 g/mol. The number of imidazole rings is 1. The third kappa shape index (κ3) is 8.96. The number of ether oxygens (including phenoxy) is 1. The van der Waals surface area contributed by atoms with E-state index in [9.17, 15) is 42.9 Å². The van der Waals surface area contributed by atoms with Crippen LogP contribution in [0.5, 0.6) is 11.5 Å².